The fourth-order valence-corrected chi connectivity index (χ4v) is 5.28. The molecule has 1 aromatic carbocycles. The van der Waals surface area contributed by atoms with Crippen LogP contribution in [0.2, 0.25) is 0 Å². The topological polar surface area (TPSA) is 68.0 Å². The Balaban J connectivity index is 1.34. The van der Waals surface area contributed by atoms with Gasteiger partial charge in [-0.1, -0.05) is 6.07 Å². The van der Waals surface area contributed by atoms with Crippen molar-refractivity contribution >= 4 is 33.2 Å². The standard InChI is InChI=1S/C24H28N6OS/c1-16-11-19(27-23-25-8-10-32-23)13-20(26-16)18-5-4-9-30(15-18)14-17-6-7-21-22(12-17)29(3)24(31)28(21)2/h6-8,10-13,18H,4-5,9,14-15H2,1-3H3,(H,25,26,27)/t18-/m1/s1. The highest BCUT2D eigenvalue weighted by Gasteiger charge is 2.23. The van der Waals surface area contributed by atoms with Gasteiger partial charge in [-0.25, -0.2) is 9.78 Å². The molecule has 7 nitrogen and oxygen atoms in total. The summed E-state index contributed by atoms with van der Waals surface area (Å²) in [5.41, 5.74) is 6.44. The van der Waals surface area contributed by atoms with Gasteiger partial charge >= 0.3 is 5.69 Å². The van der Waals surface area contributed by atoms with Crippen LogP contribution in [-0.4, -0.2) is 37.1 Å². The SMILES string of the molecule is Cc1cc(Nc2nccs2)cc([C@@H]2CCCN(Cc3ccc4c(c3)n(C)c(=O)n4C)C2)n1. The van der Waals surface area contributed by atoms with Crippen molar-refractivity contribution in [2.24, 2.45) is 14.1 Å². The number of pyridine rings is 1. The van der Waals surface area contributed by atoms with Crippen molar-refractivity contribution in [3.63, 3.8) is 0 Å². The van der Waals surface area contributed by atoms with Crippen molar-refractivity contribution in [3.05, 3.63) is 69.3 Å². The van der Waals surface area contributed by atoms with Crippen LogP contribution in [0.25, 0.3) is 11.0 Å². The van der Waals surface area contributed by atoms with Gasteiger partial charge in [-0.15, -0.1) is 11.3 Å². The quantitative estimate of drug-likeness (QED) is 0.497. The minimum absolute atomic E-state index is 0.0165. The molecule has 8 heteroatoms. The highest BCUT2D eigenvalue weighted by molar-refractivity contribution is 7.13. The zero-order valence-electron chi connectivity index (χ0n) is 18.7. The maximum absolute atomic E-state index is 12.2. The minimum Gasteiger partial charge on any atom is -0.331 e. The number of aromatic nitrogens is 4. The second-order valence-electron chi connectivity index (χ2n) is 8.68. The van der Waals surface area contributed by atoms with Gasteiger partial charge in [-0.3, -0.25) is 19.0 Å². The van der Waals surface area contributed by atoms with Crippen LogP contribution in [0.5, 0.6) is 0 Å². The monoisotopic (exact) mass is 448 g/mol. The van der Waals surface area contributed by atoms with Crippen molar-refractivity contribution in [3.8, 4) is 0 Å². The Kier molecular flexibility index (Phi) is 5.57. The van der Waals surface area contributed by atoms with Gasteiger partial charge in [0.05, 0.1) is 11.0 Å². The van der Waals surface area contributed by atoms with E-state index in [0.29, 0.717) is 5.92 Å². The largest absolute Gasteiger partial charge is 0.331 e. The molecule has 0 bridgehead atoms. The van der Waals surface area contributed by atoms with Gasteiger partial charge < -0.3 is 5.32 Å². The second kappa shape index (κ2) is 8.52. The van der Waals surface area contributed by atoms with E-state index >= 15 is 0 Å². The molecule has 32 heavy (non-hydrogen) atoms. The number of nitrogens with one attached hydrogen (secondary N) is 1. The fraction of sp³-hybridized carbons (Fsp3) is 0.375. The van der Waals surface area contributed by atoms with Gasteiger partial charge in [0.15, 0.2) is 5.13 Å². The van der Waals surface area contributed by atoms with Crippen LogP contribution in [0.1, 0.15) is 35.7 Å². The van der Waals surface area contributed by atoms with Crippen molar-refractivity contribution < 1.29 is 0 Å². The van der Waals surface area contributed by atoms with Crippen molar-refractivity contribution in [2.45, 2.75) is 32.2 Å². The van der Waals surface area contributed by atoms with E-state index in [1.54, 1.807) is 20.5 Å². The van der Waals surface area contributed by atoms with E-state index in [1.807, 2.05) is 25.7 Å². The Hall–Kier alpha value is -2.97. The van der Waals surface area contributed by atoms with Gasteiger partial charge in [0.2, 0.25) is 0 Å². The highest BCUT2D eigenvalue weighted by Crippen LogP contribution is 2.30. The number of thiazole rings is 1. The van der Waals surface area contributed by atoms with Crippen molar-refractivity contribution in [1.29, 1.82) is 0 Å². The van der Waals surface area contributed by atoms with Crippen LogP contribution in [0, 0.1) is 6.92 Å². The highest BCUT2D eigenvalue weighted by atomic mass is 32.1. The summed E-state index contributed by atoms with van der Waals surface area (Å²) in [4.78, 5) is 24.0. The Bertz CT molecular complexity index is 1310. The van der Waals surface area contributed by atoms with E-state index in [1.165, 1.54) is 5.56 Å². The lowest BCUT2D eigenvalue weighted by atomic mass is 9.93. The molecule has 1 N–H and O–H groups in total. The number of anilines is 2. The predicted molar refractivity (Wildman–Crippen MR) is 130 cm³/mol. The van der Waals surface area contributed by atoms with Crippen LogP contribution < -0.4 is 11.0 Å². The molecule has 166 valence electrons. The number of hydrogen-bond donors (Lipinski definition) is 1. The number of hydrogen-bond acceptors (Lipinski definition) is 6. The predicted octanol–water partition coefficient (Wildman–Crippen LogP) is 4.16. The average Bonchev–Trinajstić information content (AvgIpc) is 3.37. The van der Waals surface area contributed by atoms with E-state index in [0.717, 1.165) is 65.7 Å². The minimum atomic E-state index is 0.0165. The lowest BCUT2D eigenvalue weighted by molar-refractivity contribution is 0.198. The zero-order chi connectivity index (χ0) is 22.2. The summed E-state index contributed by atoms with van der Waals surface area (Å²) in [6.07, 6.45) is 4.11. The number of benzene rings is 1. The summed E-state index contributed by atoms with van der Waals surface area (Å²) >= 11 is 1.60. The molecule has 1 saturated heterocycles. The molecule has 4 heterocycles. The molecule has 4 aromatic rings. The van der Waals surface area contributed by atoms with Crippen LogP contribution in [0.15, 0.2) is 46.7 Å². The second-order valence-corrected chi connectivity index (χ2v) is 9.58. The number of fused-ring (bicyclic) bond motifs is 1. The summed E-state index contributed by atoms with van der Waals surface area (Å²) in [6, 6.07) is 10.6. The molecule has 1 aliphatic rings. The first-order valence-corrected chi connectivity index (χ1v) is 11.9. The molecular formula is C24H28N6OS. The molecule has 1 aliphatic heterocycles. The molecule has 1 fully saturated rings. The summed E-state index contributed by atoms with van der Waals surface area (Å²) in [6.45, 7) is 5.00. The molecule has 0 saturated carbocycles. The third kappa shape index (κ3) is 4.08. The lowest BCUT2D eigenvalue weighted by Crippen LogP contribution is -2.34. The van der Waals surface area contributed by atoms with Gasteiger partial charge in [-0.05, 0) is 56.1 Å². The Morgan fingerprint density at radius 1 is 1.16 bits per heavy atom. The lowest BCUT2D eigenvalue weighted by Gasteiger charge is -2.32. The number of rotatable bonds is 5. The average molecular weight is 449 g/mol. The Morgan fingerprint density at radius 3 is 2.81 bits per heavy atom. The first-order chi connectivity index (χ1) is 15.5. The Labute approximate surface area is 191 Å². The normalized spacial score (nSPS) is 17.2. The molecule has 0 aliphatic carbocycles. The van der Waals surface area contributed by atoms with Gasteiger partial charge in [0.25, 0.3) is 0 Å². The van der Waals surface area contributed by atoms with E-state index < -0.39 is 0 Å². The summed E-state index contributed by atoms with van der Waals surface area (Å²) in [5, 5.41) is 6.28. The number of likely N-dealkylation sites (tertiary alicyclic amines) is 1. The molecule has 0 amide bonds. The molecule has 0 spiro atoms. The molecule has 0 unspecified atom stereocenters. The third-order valence-corrected chi connectivity index (χ3v) is 7.01. The van der Waals surface area contributed by atoms with Crippen LogP contribution in [0.4, 0.5) is 10.8 Å². The molecule has 5 rings (SSSR count). The number of aryl methyl sites for hydroxylation is 3. The molecule has 3 aromatic heterocycles. The summed E-state index contributed by atoms with van der Waals surface area (Å²) < 4.78 is 3.43. The maximum atomic E-state index is 12.2. The number of imidazole rings is 1. The molecular weight excluding hydrogens is 420 g/mol. The fourth-order valence-electron chi connectivity index (χ4n) is 4.73. The summed E-state index contributed by atoms with van der Waals surface area (Å²) in [7, 11) is 3.66. The first kappa shape index (κ1) is 20.9. The zero-order valence-corrected chi connectivity index (χ0v) is 19.5. The maximum Gasteiger partial charge on any atom is 0.328 e. The van der Waals surface area contributed by atoms with E-state index in [9.17, 15) is 4.79 Å². The van der Waals surface area contributed by atoms with Crippen molar-refractivity contribution in [2.75, 3.05) is 18.4 Å². The van der Waals surface area contributed by atoms with Crippen LogP contribution in [0.3, 0.4) is 0 Å². The van der Waals surface area contributed by atoms with Crippen molar-refractivity contribution in [1.82, 2.24) is 24.0 Å². The van der Waals surface area contributed by atoms with Gasteiger partial charge in [0, 0.05) is 61.8 Å². The number of nitrogens with zero attached hydrogens (tertiary/aromatic N) is 5. The smallest absolute Gasteiger partial charge is 0.328 e. The van der Waals surface area contributed by atoms with E-state index in [2.05, 4.69) is 52.5 Å². The van der Waals surface area contributed by atoms with Gasteiger partial charge in [0.1, 0.15) is 0 Å². The first-order valence-electron chi connectivity index (χ1n) is 11.0. The van der Waals surface area contributed by atoms with Crippen LogP contribution in [-0.2, 0) is 20.6 Å². The molecule has 1 atom stereocenters. The Morgan fingerprint density at radius 2 is 2.00 bits per heavy atom. The summed E-state index contributed by atoms with van der Waals surface area (Å²) in [5.74, 6) is 0.408. The third-order valence-electron chi connectivity index (χ3n) is 6.32. The van der Waals surface area contributed by atoms with Gasteiger partial charge in [-0.2, -0.15) is 0 Å². The van der Waals surface area contributed by atoms with Crippen LogP contribution >= 0.6 is 11.3 Å². The van der Waals surface area contributed by atoms with E-state index in [4.69, 9.17) is 4.98 Å². The number of piperidine rings is 1. The van der Waals surface area contributed by atoms with E-state index in [-0.39, 0.29) is 5.69 Å². The molecule has 0 radical (unpaired) electrons.